The number of rotatable bonds is 5. The van der Waals surface area contributed by atoms with Crippen LogP contribution in [0.5, 0.6) is 5.75 Å². The van der Waals surface area contributed by atoms with E-state index in [1.54, 1.807) is 19.2 Å². The minimum atomic E-state index is -3.50. The molecule has 0 saturated heterocycles. The molecule has 2 unspecified atom stereocenters. The normalized spacial score (nSPS) is 22.9. The second-order valence-corrected chi connectivity index (χ2v) is 7.08. The first-order valence-electron chi connectivity index (χ1n) is 6.74. The number of aliphatic hydroxyl groups excluding tert-OH is 1. The molecule has 1 aliphatic rings. The Morgan fingerprint density at radius 3 is 2.70 bits per heavy atom. The van der Waals surface area contributed by atoms with Crippen molar-refractivity contribution in [1.29, 1.82) is 0 Å². The highest BCUT2D eigenvalue weighted by molar-refractivity contribution is 7.89. The molecule has 1 aliphatic carbocycles. The van der Waals surface area contributed by atoms with Crippen LogP contribution in [0.3, 0.4) is 0 Å². The molecular formula is C14H21NO4S. The fourth-order valence-electron chi connectivity index (χ4n) is 2.56. The van der Waals surface area contributed by atoms with Gasteiger partial charge in [0.15, 0.2) is 0 Å². The summed E-state index contributed by atoms with van der Waals surface area (Å²) in [6.07, 6.45) is 2.01. The van der Waals surface area contributed by atoms with Crippen LogP contribution in [0.25, 0.3) is 0 Å². The Morgan fingerprint density at radius 2 is 2.15 bits per heavy atom. The summed E-state index contributed by atoms with van der Waals surface area (Å²) < 4.78 is 32.2. The molecule has 1 saturated carbocycles. The van der Waals surface area contributed by atoms with Crippen molar-refractivity contribution in [1.82, 2.24) is 4.72 Å². The van der Waals surface area contributed by atoms with Crippen LogP contribution in [0.1, 0.15) is 24.8 Å². The number of nitrogens with one attached hydrogen (secondary N) is 1. The zero-order valence-corrected chi connectivity index (χ0v) is 12.6. The standard InChI is InChI=1S/C14H21NO4S/c1-10-7-13(5-6-14(10)19-2)20(17,18)15-9-11-3-4-12(16)8-11/h5-7,11-12,15-16H,3-4,8-9H2,1-2H3. The molecule has 0 radical (unpaired) electrons. The largest absolute Gasteiger partial charge is 0.496 e. The lowest BCUT2D eigenvalue weighted by Gasteiger charge is -2.12. The zero-order valence-electron chi connectivity index (χ0n) is 11.8. The lowest BCUT2D eigenvalue weighted by atomic mass is 10.1. The smallest absolute Gasteiger partial charge is 0.240 e. The second-order valence-electron chi connectivity index (χ2n) is 5.32. The predicted molar refractivity (Wildman–Crippen MR) is 76.3 cm³/mol. The van der Waals surface area contributed by atoms with Gasteiger partial charge in [-0.2, -0.15) is 0 Å². The van der Waals surface area contributed by atoms with Gasteiger partial charge in [0.05, 0.1) is 18.1 Å². The predicted octanol–water partition coefficient (Wildman–Crippen LogP) is 1.44. The van der Waals surface area contributed by atoms with Crippen molar-refractivity contribution in [2.24, 2.45) is 5.92 Å². The van der Waals surface area contributed by atoms with Gasteiger partial charge in [0.1, 0.15) is 5.75 Å². The van der Waals surface area contributed by atoms with Crippen molar-refractivity contribution in [2.45, 2.75) is 37.2 Å². The Kier molecular flexibility index (Phi) is 4.67. The fraction of sp³-hybridized carbons (Fsp3) is 0.571. The third-order valence-electron chi connectivity index (χ3n) is 3.75. The van der Waals surface area contributed by atoms with E-state index < -0.39 is 10.0 Å². The topological polar surface area (TPSA) is 75.6 Å². The van der Waals surface area contributed by atoms with E-state index in [9.17, 15) is 13.5 Å². The Bertz CT molecular complexity index is 571. The van der Waals surface area contributed by atoms with Gasteiger partial charge in [0.2, 0.25) is 10.0 Å². The number of methoxy groups -OCH3 is 1. The molecule has 0 amide bonds. The number of sulfonamides is 1. The molecule has 2 rings (SSSR count). The first kappa shape index (κ1) is 15.3. The first-order chi connectivity index (χ1) is 9.42. The van der Waals surface area contributed by atoms with Crippen LogP contribution < -0.4 is 9.46 Å². The third kappa shape index (κ3) is 3.50. The highest BCUT2D eigenvalue weighted by atomic mass is 32.2. The molecule has 112 valence electrons. The lowest BCUT2D eigenvalue weighted by Crippen LogP contribution is -2.28. The molecule has 1 fully saturated rings. The number of ether oxygens (including phenoxy) is 1. The van der Waals surface area contributed by atoms with Gasteiger partial charge in [-0.3, -0.25) is 0 Å². The molecule has 6 heteroatoms. The Balaban J connectivity index is 2.04. The number of hydrogen-bond acceptors (Lipinski definition) is 4. The van der Waals surface area contributed by atoms with Crippen LogP contribution in [0.15, 0.2) is 23.1 Å². The second kappa shape index (κ2) is 6.11. The SMILES string of the molecule is COc1ccc(S(=O)(=O)NCC2CCC(O)C2)cc1C. The van der Waals surface area contributed by atoms with Crippen molar-refractivity contribution in [3.05, 3.63) is 23.8 Å². The van der Waals surface area contributed by atoms with E-state index in [2.05, 4.69) is 4.72 Å². The van der Waals surface area contributed by atoms with E-state index in [0.717, 1.165) is 18.4 Å². The van der Waals surface area contributed by atoms with Crippen molar-refractivity contribution < 1.29 is 18.3 Å². The van der Waals surface area contributed by atoms with Crippen molar-refractivity contribution in [3.8, 4) is 5.75 Å². The highest BCUT2D eigenvalue weighted by Gasteiger charge is 2.24. The summed E-state index contributed by atoms with van der Waals surface area (Å²) in [4.78, 5) is 0.245. The van der Waals surface area contributed by atoms with Crippen molar-refractivity contribution in [3.63, 3.8) is 0 Å². The van der Waals surface area contributed by atoms with E-state index >= 15 is 0 Å². The first-order valence-corrected chi connectivity index (χ1v) is 8.23. The van der Waals surface area contributed by atoms with Crippen LogP contribution in [0, 0.1) is 12.8 Å². The van der Waals surface area contributed by atoms with Gasteiger partial charge in [-0.25, -0.2) is 13.1 Å². The molecule has 0 spiro atoms. The zero-order chi connectivity index (χ0) is 14.8. The molecule has 5 nitrogen and oxygen atoms in total. The molecule has 0 bridgehead atoms. The van der Waals surface area contributed by atoms with Crippen LogP contribution in [-0.4, -0.2) is 33.3 Å². The molecule has 0 aliphatic heterocycles. The van der Waals surface area contributed by atoms with E-state index in [0.29, 0.717) is 18.7 Å². The van der Waals surface area contributed by atoms with Gasteiger partial charge in [0.25, 0.3) is 0 Å². The maximum Gasteiger partial charge on any atom is 0.240 e. The summed E-state index contributed by atoms with van der Waals surface area (Å²) in [6.45, 7) is 2.19. The molecule has 20 heavy (non-hydrogen) atoms. The lowest BCUT2D eigenvalue weighted by molar-refractivity contribution is 0.178. The summed E-state index contributed by atoms with van der Waals surface area (Å²) in [5.41, 5.74) is 0.784. The van der Waals surface area contributed by atoms with Gasteiger partial charge in [0, 0.05) is 6.54 Å². The number of benzene rings is 1. The maximum atomic E-state index is 12.2. The summed E-state index contributed by atoms with van der Waals surface area (Å²) in [7, 11) is -1.94. The van der Waals surface area contributed by atoms with Crippen molar-refractivity contribution >= 4 is 10.0 Å². The monoisotopic (exact) mass is 299 g/mol. The number of aryl methyl sites for hydroxylation is 1. The molecular weight excluding hydrogens is 278 g/mol. The van der Waals surface area contributed by atoms with Crippen LogP contribution in [-0.2, 0) is 10.0 Å². The Labute approximate surface area is 120 Å². The van der Waals surface area contributed by atoms with Gasteiger partial charge in [-0.05, 0) is 55.9 Å². The molecule has 2 atom stereocenters. The van der Waals surface area contributed by atoms with Gasteiger partial charge < -0.3 is 9.84 Å². The third-order valence-corrected chi connectivity index (χ3v) is 5.17. The Hall–Kier alpha value is -1.11. The summed E-state index contributed by atoms with van der Waals surface area (Å²) in [5, 5.41) is 9.45. The van der Waals surface area contributed by atoms with E-state index in [-0.39, 0.29) is 16.9 Å². The van der Waals surface area contributed by atoms with Crippen LogP contribution in [0.2, 0.25) is 0 Å². The summed E-state index contributed by atoms with van der Waals surface area (Å²) in [6, 6.07) is 4.80. The van der Waals surface area contributed by atoms with Gasteiger partial charge in [-0.15, -0.1) is 0 Å². The molecule has 1 aromatic carbocycles. The van der Waals surface area contributed by atoms with Crippen LogP contribution in [0.4, 0.5) is 0 Å². The number of hydrogen-bond donors (Lipinski definition) is 2. The van der Waals surface area contributed by atoms with Crippen molar-refractivity contribution in [2.75, 3.05) is 13.7 Å². The number of aliphatic hydroxyl groups is 1. The van der Waals surface area contributed by atoms with E-state index in [4.69, 9.17) is 4.74 Å². The summed E-state index contributed by atoms with van der Waals surface area (Å²) in [5.74, 6) is 0.891. The molecule has 1 aromatic rings. The van der Waals surface area contributed by atoms with E-state index in [1.807, 2.05) is 6.92 Å². The maximum absolute atomic E-state index is 12.2. The molecule has 2 N–H and O–H groups in total. The van der Waals surface area contributed by atoms with Gasteiger partial charge in [-0.1, -0.05) is 0 Å². The highest BCUT2D eigenvalue weighted by Crippen LogP contribution is 2.25. The average molecular weight is 299 g/mol. The van der Waals surface area contributed by atoms with Crippen LogP contribution >= 0.6 is 0 Å². The minimum absolute atomic E-state index is 0.221. The van der Waals surface area contributed by atoms with E-state index in [1.165, 1.54) is 6.07 Å². The Morgan fingerprint density at radius 1 is 1.40 bits per heavy atom. The average Bonchev–Trinajstić information content (AvgIpc) is 2.82. The molecule has 0 aromatic heterocycles. The minimum Gasteiger partial charge on any atom is -0.496 e. The molecule has 0 heterocycles. The van der Waals surface area contributed by atoms with Gasteiger partial charge >= 0.3 is 0 Å². The summed E-state index contributed by atoms with van der Waals surface area (Å²) >= 11 is 0. The fourth-order valence-corrected chi connectivity index (χ4v) is 3.76. The quantitative estimate of drug-likeness (QED) is 0.862.